The van der Waals surface area contributed by atoms with Crippen molar-refractivity contribution in [3.63, 3.8) is 0 Å². The minimum atomic E-state index is -0.430. The Bertz CT molecular complexity index is 1230. The first kappa shape index (κ1) is 25.0. The molecule has 3 saturated heterocycles. The molecule has 6 rings (SSSR count). The number of carbonyl (C=O) groups is 1. The highest BCUT2D eigenvalue weighted by Gasteiger charge is 2.42. The number of methoxy groups -OCH3 is 1. The second-order valence-corrected chi connectivity index (χ2v) is 10.2. The third-order valence-electron chi connectivity index (χ3n) is 7.54. The number of amides is 1. The number of nitrogens with one attached hydrogen (secondary N) is 1. The molecule has 3 fully saturated rings. The summed E-state index contributed by atoms with van der Waals surface area (Å²) in [4.78, 5) is 26.5. The number of piperidine rings is 3. The Balaban J connectivity index is 1.21. The van der Waals surface area contributed by atoms with Crippen LogP contribution in [0.25, 0.3) is 11.3 Å². The zero-order valence-electron chi connectivity index (χ0n) is 22.0. The largest absolute Gasteiger partial charge is 0.497 e. The van der Waals surface area contributed by atoms with E-state index in [1.165, 1.54) is 0 Å². The lowest BCUT2D eigenvalue weighted by Gasteiger charge is -2.49. The summed E-state index contributed by atoms with van der Waals surface area (Å²) in [5, 5.41) is 2.79. The lowest BCUT2D eigenvalue weighted by Crippen LogP contribution is -2.54. The van der Waals surface area contributed by atoms with Crippen LogP contribution in [0.5, 0.6) is 5.75 Å². The maximum Gasteiger partial charge on any atom is 0.411 e. The van der Waals surface area contributed by atoms with Gasteiger partial charge in [-0.3, -0.25) is 10.2 Å². The molecule has 1 unspecified atom stereocenters. The molecule has 2 aromatic carbocycles. The van der Waals surface area contributed by atoms with Gasteiger partial charge < -0.3 is 14.4 Å². The minimum absolute atomic E-state index is 0.234. The predicted molar refractivity (Wildman–Crippen MR) is 145 cm³/mol. The highest BCUT2D eigenvalue weighted by Crippen LogP contribution is 2.42. The van der Waals surface area contributed by atoms with Gasteiger partial charge in [-0.05, 0) is 74.7 Å². The van der Waals surface area contributed by atoms with Crippen LogP contribution in [0.3, 0.4) is 0 Å². The van der Waals surface area contributed by atoms with E-state index < -0.39 is 6.09 Å². The Hall–Kier alpha value is -3.65. The fourth-order valence-electron chi connectivity index (χ4n) is 5.51. The molecule has 4 heterocycles. The summed E-state index contributed by atoms with van der Waals surface area (Å²) < 4.78 is 10.8. The SMILES string of the molecule is COc1ccc(NC(=O)OC[C@H]2C[C@@H]3CCN2C[C@@H]3c2cc(-c3ccc(N(C)C)cc3)nc(C)n2)cc1. The number of anilines is 2. The van der Waals surface area contributed by atoms with Crippen LogP contribution in [0.1, 0.15) is 30.3 Å². The number of fused-ring (bicyclic) bond motifs is 3. The number of carbonyl (C=O) groups excluding carboxylic acids is 1. The Kier molecular flexibility index (Phi) is 7.28. The van der Waals surface area contributed by atoms with Crippen LogP contribution >= 0.6 is 0 Å². The molecule has 1 aromatic heterocycles. The van der Waals surface area contributed by atoms with Crippen molar-refractivity contribution < 1.29 is 14.3 Å². The van der Waals surface area contributed by atoms with Crippen molar-refractivity contribution in [2.75, 3.05) is 51.1 Å². The van der Waals surface area contributed by atoms with Crippen LogP contribution in [0, 0.1) is 12.8 Å². The zero-order valence-corrected chi connectivity index (χ0v) is 22.0. The van der Waals surface area contributed by atoms with Gasteiger partial charge in [-0.1, -0.05) is 12.1 Å². The first-order chi connectivity index (χ1) is 17.9. The van der Waals surface area contributed by atoms with Gasteiger partial charge in [-0.2, -0.15) is 0 Å². The van der Waals surface area contributed by atoms with E-state index in [1.54, 1.807) is 31.4 Å². The average Bonchev–Trinajstić information content (AvgIpc) is 2.92. The lowest BCUT2D eigenvalue weighted by molar-refractivity contribution is -0.00151. The summed E-state index contributed by atoms with van der Waals surface area (Å²) in [7, 11) is 5.70. The molecule has 3 aromatic rings. The summed E-state index contributed by atoms with van der Waals surface area (Å²) in [6, 6.07) is 18.1. The van der Waals surface area contributed by atoms with Crippen LogP contribution in [-0.2, 0) is 4.74 Å². The Morgan fingerprint density at radius 2 is 1.86 bits per heavy atom. The standard InChI is InChI=1S/C29H35N5O3/c1-19-30-27(20-5-9-23(10-6-20)33(2)3)16-28(31-19)26-17-34-14-13-21(26)15-24(34)18-37-29(35)32-22-7-11-25(36-4)12-8-22/h5-12,16,21,24,26H,13-15,17-18H2,1-4H3,(H,32,35)/t21-,24+,26-/m0/s1. The molecule has 1 N–H and O–H groups in total. The smallest absolute Gasteiger partial charge is 0.411 e. The van der Waals surface area contributed by atoms with Crippen molar-refractivity contribution in [3.05, 3.63) is 66.1 Å². The van der Waals surface area contributed by atoms with E-state index in [9.17, 15) is 4.79 Å². The van der Waals surface area contributed by atoms with Crippen molar-refractivity contribution in [1.29, 1.82) is 0 Å². The van der Waals surface area contributed by atoms with Crippen LogP contribution in [0.2, 0.25) is 0 Å². The number of nitrogens with zero attached hydrogens (tertiary/aromatic N) is 4. The number of hydrogen-bond acceptors (Lipinski definition) is 7. The maximum atomic E-state index is 12.4. The molecule has 3 aliphatic heterocycles. The molecule has 194 valence electrons. The van der Waals surface area contributed by atoms with E-state index in [-0.39, 0.29) is 6.04 Å². The molecule has 0 saturated carbocycles. The van der Waals surface area contributed by atoms with Crippen molar-refractivity contribution in [3.8, 4) is 17.0 Å². The molecule has 1 amide bonds. The normalized spacial score (nSPS) is 22.4. The zero-order chi connectivity index (χ0) is 25.9. The van der Waals surface area contributed by atoms with Gasteiger partial charge in [0.2, 0.25) is 0 Å². The Labute approximate surface area is 218 Å². The van der Waals surface area contributed by atoms with Gasteiger partial charge in [0.05, 0.1) is 12.8 Å². The minimum Gasteiger partial charge on any atom is -0.497 e. The van der Waals surface area contributed by atoms with E-state index in [2.05, 4.69) is 45.4 Å². The van der Waals surface area contributed by atoms with Gasteiger partial charge in [-0.25, -0.2) is 14.8 Å². The fraction of sp³-hybridized carbons (Fsp3) is 0.414. The molecule has 2 bridgehead atoms. The second kappa shape index (κ2) is 10.8. The van der Waals surface area contributed by atoms with Gasteiger partial charge in [0.25, 0.3) is 0 Å². The first-order valence-corrected chi connectivity index (χ1v) is 12.8. The lowest BCUT2D eigenvalue weighted by atomic mass is 9.74. The summed E-state index contributed by atoms with van der Waals surface area (Å²) >= 11 is 0. The second-order valence-electron chi connectivity index (χ2n) is 10.2. The summed E-state index contributed by atoms with van der Waals surface area (Å²) in [5.41, 5.74) is 5.04. The molecule has 8 nitrogen and oxygen atoms in total. The van der Waals surface area contributed by atoms with E-state index >= 15 is 0 Å². The Morgan fingerprint density at radius 1 is 1.11 bits per heavy atom. The van der Waals surface area contributed by atoms with Crippen molar-refractivity contribution in [2.24, 2.45) is 5.92 Å². The monoisotopic (exact) mass is 501 g/mol. The van der Waals surface area contributed by atoms with Crippen molar-refractivity contribution >= 4 is 17.5 Å². The van der Waals surface area contributed by atoms with Crippen LogP contribution in [-0.4, -0.2) is 67.9 Å². The molecular formula is C29H35N5O3. The average molecular weight is 502 g/mol. The number of aromatic nitrogens is 2. The third kappa shape index (κ3) is 5.69. The van der Waals surface area contributed by atoms with E-state index in [4.69, 9.17) is 19.4 Å². The van der Waals surface area contributed by atoms with Gasteiger partial charge in [0.15, 0.2) is 0 Å². The molecule has 4 atom stereocenters. The highest BCUT2D eigenvalue weighted by molar-refractivity contribution is 5.84. The molecule has 8 heteroatoms. The third-order valence-corrected chi connectivity index (χ3v) is 7.54. The van der Waals surface area contributed by atoms with Gasteiger partial charge in [0.1, 0.15) is 18.2 Å². The van der Waals surface area contributed by atoms with Crippen LogP contribution in [0.15, 0.2) is 54.6 Å². The van der Waals surface area contributed by atoms with E-state index in [0.29, 0.717) is 24.1 Å². The molecule has 0 aliphatic carbocycles. The molecule has 0 radical (unpaired) electrons. The maximum absolute atomic E-state index is 12.4. The number of ether oxygens (including phenoxy) is 2. The Morgan fingerprint density at radius 3 is 2.51 bits per heavy atom. The molecule has 37 heavy (non-hydrogen) atoms. The summed E-state index contributed by atoms with van der Waals surface area (Å²) in [6.07, 6.45) is 1.70. The van der Waals surface area contributed by atoms with Crippen LogP contribution < -0.4 is 15.0 Å². The fourth-order valence-corrected chi connectivity index (χ4v) is 5.51. The molecule has 0 spiro atoms. The van der Waals surface area contributed by atoms with Gasteiger partial charge in [-0.15, -0.1) is 0 Å². The van der Waals surface area contributed by atoms with Crippen molar-refractivity contribution in [2.45, 2.75) is 31.7 Å². The topological polar surface area (TPSA) is 79.8 Å². The highest BCUT2D eigenvalue weighted by atomic mass is 16.5. The number of rotatable bonds is 7. The quantitative estimate of drug-likeness (QED) is 0.491. The number of hydrogen-bond donors (Lipinski definition) is 1. The summed E-state index contributed by atoms with van der Waals surface area (Å²) in [5.74, 6) is 2.42. The number of aryl methyl sites for hydroxylation is 1. The molecule has 3 aliphatic rings. The van der Waals surface area contributed by atoms with E-state index in [1.807, 2.05) is 21.0 Å². The van der Waals surface area contributed by atoms with Gasteiger partial charge in [0, 0.05) is 55.2 Å². The van der Waals surface area contributed by atoms with E-state index in [0.717, 1.165) is 60.1 Å². The molecular weight excluding hydrogens is 466 g/mol. The first-order valence-electron chi connectivity index (χ1n) is 12.8. The number of benzene rings is 2. The van der Waals surface area contributed by atoms with Crippen molar-refractivity contribution in [1.82, 2.24) is 14.9 Å². The van der Waals surface area contributed by atoms with Crippen LogP contribution in [0.4, 0.5) is 16.2 Å². The van der Waals surface area contributed by atoms with Gasteiger partial charge >= 0.3 is 6.09 Å². The predicted octanol–water partition coefficient (Wildman–Crippen LogP) is 4.95. The summed E-state index contributed by atoms with van der Waals surface area (Å²) in [6.45, 7) is 4.31.